The number of methoxy groups -OCH3 is 1. The third-order valence-corrected chi connectivity index (χ3v) is 5.16. The van der Waals surface area contributed by atoms with Crippen LogP contribution in [0, 0.1) is 0 Å². The summed E-state index contributed by atoms with van der Waals surface area (Å²) in [5.74, 6) is 1.16. The Kier molecular flexibility index (Phi) is 5.14. The van der Waals surface area contributed by atoms with Gasteiger partial charge in [-0.25, -0.2) is 9.78 Å². The van der Waals surface area contributed by atoms with Crippen LogP contribution in [-0.2, 0) is 4.79 Å². The Balaban J connectivity index is 1.66. The standard InChI is InChI=1S/C22H17NO5S/c1-13(24)11-27-17-8-5-15-9-18(22(25)28-20(15)10-17)19-12-29-21(23-19)14-3-6-16(26-2)7-4-14/h3-10,12H,11H2,1-2H3. The number of thiazole rings is 1. The van der Waals surface area contributed by atoms with Crippen LogP contribution in [0.15, 0.2) is 63.1 Å². The molecule has 2 aromatic heterocycles. The highest BCUT2D eigenvalue weighted by Crippen LogP contribution is 2.30. The molecule has 0 fully saturated rings. The molecule has 0 saturated heterocycles. The van der Waals surface area contributed by atoms with E-state index in [1.807, 2.05) is 29.6 Å². The summed E-state index contributed by atoms with van der Waals surface area (Å²) in [4.78, 5) is 28.2. The van der Waals surface area contributed by atoms with Gasteiger partial charge in [-0.3, -0.25) is 4.79 Å². The van der Waals surface area contributed by atoms with Crippen molar-refractivity contribution in [3.05, 3.63) is 64.3 Å². The molecule has 0 unspecified atom stereocenters. The van der Waals surface area contributed by atoms with Crippen LogP contribution in [0.25, 0.3) is 32.8 Å². The predicted molar refractivity (Wildman–Crippen MR) is 112 cm³/mol. The van der Waals surface area contributed by atoms with E-state index >= 15 is 0 Å². The molecule has 0 radical (unpaired) electrons. The molecule has 0 aliphatic rings. The maximum Gasteiger partial charge on any atom is 0.345 e. The minimum absolute atomic E-state index is 0.0270. The number of nitrogens with zero attached hydrogens (tertiary/aromatic N) is 1. The first-order valence-corrected chi connectivity index (χ1v) is 9.72. The Labute approximate surface area is 170 Å². The molecule has 7 heteroatoms. The molecule has 0 spiro atoms. The summed E-state index contributed by atoms with van der Waals surface area (Å²) in [5.41, 5.74) is 1.82. The summed E-state index contributed by atoms with van der Waals surface area (Å²) in [6.45, 7) is 1.42. The van der Waals surface area contributed by atoms with Crippen molar-refractivity contribution in [2.24, 2.45) is 0 Å². The van der Waals surface area contributed by atoms with E-state index in [4.69, 9.17) is 13.9 Å². The summed E-state index contributed by atoms with van der Waals surface area (Å²) in [6, 6.07) is 14.5. The van der Waals surface area contributed by atoms with Gasteiger partial charge in [0.25, 0.3) is 0 Å². The Morgan fingerprint density at radius 2 is 1.86 bits per heavy atom. The van der Waals surface area contributed by atoms with Crippen molar-refractivity contribution in [2.45, 2.75) is 6.92 Å². The number of Topliss-reactive ketones (excluding diaryl/α,β-unsaturated/α-hetero) is 1. The number of carbonyl (C=O) groups excluding carboxylic acids is 1. The third-order valence-electron chi connectivity index (χ3n) is 4.27. The summed E-state index contributed by atoms with van der Waals surface area (Å²) in [5, 5.41) is 3.38. The monoisotopic (exact) mass is 407 g/mol. The van der Waals surface area contributed by atoms with Gasteiger partial charge in [-0.15, -0.1) is 11.3 Å². The molecule has 0 N–H and O–H groups in total. The van der Waals surface area contributed by atoms with Crippen LogP contribution >= 0.6 is 11.3 Å². The van der Waals surface area contributed by atoms with Gasteiger partial charge in [-0.05, 0) is 49.4 Å². The minimum atomic E-state index is -0.479. The average Bonchev–Trinajstić information content (AvgIpc) is 3.21. The number of hydrogen-bond donors (Lipinski definition) is 0. The Morgan fingerprint density at radius 3 is 2.59 bits per heavy atom. The first kappa shape index (κ1) is 18.9. The van der Waals surface area contributed by atoms with Crippen LogP contribution < -0.4 is 15.1 Å². The third kappa shape index (κ3) is 4.05. The molecular formula is C22H17NO5S. The lowest BCUT2D eigenvalue weighted by atomic mass is 10.1. The van der Waals surface area contributed by atoms with Crippen molar-refractivity contribution >= 4 is 28.1 Å². The number of carbonyl (C=O) groups is 1. The summed E-state index contributed by atoms with van der Waals surface area (Å²) >= 11 is 1.45. The molecule has 0 amide bonds. The normalized spacial score (nSPS) is 10.8. The van der Waals surface area contributed by atoms with E-state index in [2.05, 4.69) is 4.98 Å². The molecule has 0 saturated carbocycles. The molecule has 29 heavy (non-hydrogen) atoms. The Morgan fingerprint density at radius 1 is 1.10 bits per heavy atom. The fourth-order valence-corrected chi connectivity index (χ4v) is 3.63. The van der Waals surface area contributed by atoms with Crippen LogP contribution in [0.3, 0.4) is 0 Å². The van der Waals surface area contributed by atoms with Crippen molar-refractivity contribution in [3.8, 4) is 33.3 Å². The van der Waals surface area contributed by atoms with Crippen LogP contribution in [0.2, 0.25) is 0 Å². The van der Waals surface area contributed by atoms with Crippen LogP contribution in [-0.4, -0.2) is 24.5 Å². The molecular weight excluding hydrogens is 390 g/mol. The maximum absolute atomic E-state index is 12.5. The second-order valence-electron chi connectivity index (χ2n) is 6.40. The molecule has 4 rings (SSSR count). The predicted octanol–water partition coefficient (Wildman–Crippen LogP) is 4.56. The van der Waals surface area contributed by atoms with E-state index in [0.717, 1.165) is 21.7 Å². The molecule has 2 aromatic carbocycles. The first-order chi connectivity index (χ1) is 14.0. The zero-order valence-corrected chi connectivity index (χ0v) is 16.6. The topological polar surface area (TPSA) is 78.6 Å². The van der Waals surface area contributed by atoms with E-state index in [0.29, 0.717) is 22.6 Å². The Bertz CT molecular complexity index is 1240. The summed E-state index contributed by atoms with van der Waals surface area (Å²) in [6.07, 6.45) is 0. The smallest absolute Gasteiger partial charge is 0.345 e. The molecule has 146 valence electrons. The van der Waals surface area contributed by atoms with Crippen molar-refractivity contribution in [1.29, 1.82) is 0 Å². The SMILES string of the molecule is COc1ccc(-c2nc(-c3cc4ccc(OCC(C)=O)cc4oc3=O)cs2)cc1. The molecule has 6 nitrogen and oxygen atoms in total. The van der Waals surface area contributed by atoms with Gasteiger partial charge in [-0.1, -0.05) is 0 Å². The number of ketones is 1. The van der Waals surface area contributed by atoms with Crippen LogP contribution in [0.4, 0.5) is 0 Å². The molecule has 0 bridgehead atoms. The van der Waals surface area contributed by atoms with Gasteiger partial charge in [0.05, 0.1) is 18.4 Å². The number of rotatable bonds is 6. The highest BCUT2D eigenvalue weighted by Gasteiger charge is 2.13. The summed E-state index contributed by atoms with van der Waals surface area (Å²) in [7, 11) is 1.62. The number of fused-ring (bicyclic) bond motifs is 1. The fraction of sp³-hybridized carbons (Fsp3) is 0.136. The number of aromatic nitrogens is 1. The minimum Gasteiger partial charge on any atom is -0.497 e. The van der Waals surface area contributed by atoms with Gasteiger partial charge in [0.2, 0.25) is 0 Å². The van der Waals surface area contributed by atoms with Gasteiger partial charge >= 0.3 is 5.63 Å². The number of benzene rings is 2. The van der Waals surface area contributed by atoms with Gasteiger partial charge in [0.15, 0.2) is 5.78 Å². The maximum atomic E-state index is 12.5. The van der Waals surface area contributed by atoms with Gasteiger partial charge < -0.3 is 13.9 Å². The molecule has 0 aliphatic carbocycles. The highest BCUT2D eigenvalue weighted by molar-refractivity contribution is 7.13. The van der Waals surface area contributed by atoms with E-state index < -0.39 is 5.63 Å². The second kappa shape index (κ2) is 7.89. The highest BCUT2D eigenvalue weighted by atomic mass is 32.1. The van der Waals surface area contributed by atoms with E-state index in [1.54, 1.807) is 31.4 Å². The molecule has 0 aliphatic heterocycles. The second-order valence-corrected chi connectivity index (χ2v) is 7.26. The zero-order valence-electron chi connectivity index (χ0n) is 15.8. The zero-order chi connectivity index (χ0) is 20.4. The largest absolute Gasteiger partial charge is 0.497 e. The number of ether oxygens (including phenoxy) is 2. The molecule has 2 heterocycles. The van der Waals surface area contributed by atoms with Gasteiger partial charge in [0.1, 0.15) is 28.7 Å². The van der Waals surface area contributed by atoms with Gasteiger partial charge in [-0.2, -0.15) is 0 Å². The Hall–Kier alpha value is -3.45. The van der Waals surface area contributed by atoms with Crippen LogP contribution in [0.1, 0.15) is 6.92 Å². The first-order valence-electron chi connectivity index (χ1n) is 8.84. The van der Waals surface area contributed by atoms with Crippen molar-refractivity contribution in [1.82, 2.24) is 4.98 Å². The number of hydrogen-bond acceptors (Lipinski definition) is 7. The average molecular weight is 407 g/mol. The van der Waals surface area contributed by atoms with Crippen molar-refractivity contribution in [2.75, 3.05) is 13.7 Å². The van der Waals surface area contributed by atoms with E-state index in [9.17, 15) is 9.59 Å². The molecule has 4 aromatic rings. The van der Waals surface area contributed by atoms with Crippen LogP contribution in [0.5, 0.6) is 11.5 Å². The van der Waals surface area contributed by atoms with E-state index in [-0.39, 0.29) is 12.4 Å². The fourth-order valence-electron chi connectivity index (χ4n) is 2.81. The summed E-state index contributed by atoms with van der Waals surface area (Å²) < 4.78 is 16.0. The lowest BCUT2D eigenvalue weighted by molar-refractivity contribution is -0.118. The van der Waals surface area contributed by atoms with Gasteiger partial charge in [0, 0.05) is 22.4 Å². The lowest BCUT2D eigenvalue weighted by Crippen LogP contribution is -2.07. The van der Waals surface area contributed by atoms with Crippen molar-refractivity contribution < 1.29 is 18.7 Å². The van der Waals surface area contributed by atoms with Crippen molar-refractivity contribution in [3.63, 3.8) is 0 Å². The van der Waals surface area contributed by atoms with E-state index in [1.165, 1.54) is 18.3 Å². The molecule has 0 atom stereocenters. The quantitative estimate of drug-likeness (QED) is 0.436. The lowest BCUT2D eigenvalue weighted by Gasteiger charge is -2.05.